The topological polar surface area (TPSA) is 57.6 Å². The predicted molar refractivity (Wildman–Crippen MR) is 77.5 cm³/mol. The van der Waals surface area contributed by atoms with E-state index in [1.807, 2.05) is 6.07 Å². The van der Waals surface area contributed by atoms with Crippen molar-refractivity contribution in [2.24, 2.45) is 0 Å². The van der Waals surface area contributed by atoms with Crippen molar-refractivity contribution >= 4 is 29.6 Å². The van der Waals surface area contributed by atoms with Gasteiger partial charge in [-0.05, 0) is 43.0 Å². The molecule has 20 heavy (non-hydrogen) atoms. The molecule has 1 aromatic rings. The molecule has 1 fully saturated rings. The molecule has 0 aromatic heterocycles. The second-order valence-corrected chi connectivity index (χ2v) is 5.21. The Bertz CT molecular complexity index is 542. The van der Waals surface area contributed by atoms with Gasteiger partial charge in [0.05, 0.1) is 0 Å². The van der Waals surface area contributed by atoms with Gasteiger partial charge in [0.1, 0.15) is 6.04 Å². The molecule has 0 bridgehead atoms. The standard InChI is InChI=1S/C15H16ClNO3/c16-12-5-3-4-11(10-12)7-8-14(18)17-9-2-1-6-13(17)15(19)20/h3-5,7-8,10,13H,1-2,6,9H2,(H,19,20)/t13-/m1/s1. The third-order valence-corrected chi connectivity index (χ3v) is 3.57. The summed E-state index contributed by atoms with van der Waals surface area (Å²) < 4.78 is 0. The summed E-state index contributed by atoms with van der Waals surface area (Å²) in [6.07, 6.45) is 5.28. The van der Waals surface area contributed by atoms with Crippen LogP contribution in [0.3, 0.4) is 0 Å². The van der Waals surface area contributed by atoms with Gasteiger partial charge in [0, 0.05) is 17.6 Å². The van der Waals surface area contributed by atoms with Crippen molar-refractivity contribution in [1.82, 2.24) is 4.90 Å². The van der Waals surface area contributed by atoms with Gasteiger partial charge in [-0.1, -0.05) is 23.7 Å². The van der Waals surface area contributed by atoms with Gasteiger partial charge in [-0.25, -0.2) is 4.79 Å². The number of benzene rings is 1. The van der Waals surface area contributed by atoms with Crippen molar-refractivity contribution in [2.75, 3.05) is 6.54 Å². The molecule has 1 aliphatic heterocycles. The zero-order valence-electron chi connectivity index (χ0n) is 11.0. The first-order valence-corrected chi connectivity index (χ1v) is 6.93. The molecular formula is C15H16ClNO3. The van der Waals surface area contributed by atoms with Crippen LogP contribution in [0.25, 0.3) is 6.08 Å². The van der Waals surface area contributed by atoms with Crippen molar-refractivity contribution in [3.05, 3.63) is 40.9 Å². The first-order chi connectivity index (χ1) is 9.58. The molecule has 106 valence electrons. The number of carboxylic acid groups (broad SMARTS) is 1. The summed E-state index contributed by atoms with van der Waals surface area (Å²) in [5.74, 6) is -1.20. The zero-order valence-corrected chi connectivity index (χ0v) is 11.7. The van der Waals surface area contributed by atoms with Gasteiger partial charge in [-0.3, -0.25) is 4.79 Å². The van der Waals surface area contributed by atoms with Crippen LogP contribution in [0, 0.1) is 0 Å². The quantitative estimate of drug-likeness (QED) is 0.872. The molecule has 1 aliphatic rings. The Labute approximate surface area is 122 Å². The Morgan fingerprint density at radius 2 is 2.15 bits per heavy atom. The fourth-order valence-corrected chi connectivity index (χ4v) is 2.52. The van der Waals surface area contributed by atoms with Crippen LogP contribution in [-0.2, 0) is 9.59 Å². The summed E-state index contributed by atoms with van der Waals surface area (Å²) in [5, 5.41) is 9.74. The van der Waals surface area contributed by atoms with E-state index in [9.17, 15) is 9.59 Å². The molecular weight excluding hydrogens is 278 g/mol. The highest BCUT2D eigenvalue weighted by Gasteiger charge is 2.30. The minimum absolute atomic E-state index is 0.267. The minimum Gasteiger partial charge on any atom is -0.480 e. The summed E-state index contributed by atoms with van der Waals surface area (Å²) in [6.45, 7) is 0.496. The highest BCUT2D eigenvalue weighted by molar-refractivity contribution is 6.30. The number of carboxylic acids is 1. The number of carbonyl (C=O) groups excluding carboxylic acids is 1. The molecule has 0 radical (unpaired) electrons. The van der Waals surface area contributed by atoms with Crippen LogP contribution in [-0.4, -0.2) is 34.5 Å². The van der Waals surface area contributed by atoms with Crippen LogP contribution in [0.1, 0.15) is 24.8 Å². The predicted octanol–water partition coefficient (Wildman–Crippen LogP) is 2.82. The summed E-state index contributed by atoms with van der Waals surface area (Å²) >= 11 is 5.87. The molecule has 1 heterocycles. The molecule has 0 aliphatic carbocycles. The van der Waals surface area contributed by atoms with Crippen molar-refractivity contribution in [3.8, 4) is 0 Å². The van der Waals surface area contributed by atoms with Gasteiger partial charge in [0.2, 0.25) is 5.91 Å². The maximum absolute atomic E-state index is 12.1. The van der Waals surface area contributed by atoms with Gasteiger partial charge >= 0.3 is 5.97 Å². The lowest BCUT2D eigenvalue weighted by Crippen LogP contribution is -2.47. The van der Waals surface area contributed by atoms with Crippen LogP contribution >= 0.6 is 11.6 Å². The lowest BCUT2D eigenvalue weighted by molar-refractivity contribution is -0.150. The van der Waals surface area contributed by atoms with Crippen molar-refractivity contribution < 1.29 is 14.7 Å². The molecule has 1 aromatic carbocycles. The average Bonchev–Trinajstić information content (AvgIpc) is 2.45. The summed E-state index contributed by atoms with van der Waals surface area (Å²) in [6, 6.07) is 6.43. The van der Waals surface area contributed by atoms with E-state index in [2.05, 4.69) is 0 Å². The Kier molecular flexibility index (Phi) is 4.79. The van der Waals surface area contributed by atoms with Gasteiger partial charge < -0.3 is 10.0 Å². The largest absolute Gasteiger partial charge is 0.480 e. The smallest absolute Gasteiger partial charge is 0.326 e. The van der Waals surface area contributed by atoms with E-state index in [0.717, 1.165) is 18.4 Å². The second kappa shape index (κ2) is 6.57. The van der Waals surface area contributed by atoms with Crippen molar-refractivity contribution in [1.29, 1.82) is 0 Å². The van der Waals surface area contributed by atoms with E-state index in [-0.39, 0.29) is 5.91 Å². The highest BCUT2D eigenvalue weighted by Crippen LogP contribution is 2.18. The number of aliphatic carboxylic acids is 1. The first-order valence-electron chi connectivity index (χ1n) is 6.55. The molecule has 1 amide bonds. The highest BCUT2D eigenvalue weighted by atomic mass is 35.5. The number of piperidine rings is 1. The normalized spacial score (nSPS) is 19.2. The van der Waals surface area contributed by atoms with Crippen LogP contribution in [0.15, 0.2) is 30.3 Å². The Hall–Kier alpha value is -1.81. The summed E-state index contributed by atoms with van der Waals surface area (Å²) in [7, 11) is 0. The SMILES string of the molecule is O=C(O)[C@H]1CCCCN1C(=O)C=Cc1cccc(Cl)c1. The van der Waals surface area contributed by atoms with Crippen LogP contribution in [0.5, 0.6) is 0 Å². The Morgan fingerprint density at radius 3 is 2.85 bits per heavy atom. The van der Waals surface area contributed by atoms with Crippen LogP contribution in [0.2, 0.25) is 5.02 Å². The Morgan fingerprint density at radius 1 is 1.35 bits per heavy atom. The lowest BCUT2D eigenvalue weighted by atomic mass is 10.0. The lowest BCUT2D eigenvalue weighted by Gasteiger charge is -2.32. The van der Waals surface area contributed by atoms with Gasteiger partial charge in [-0.2, -0.15) is 0 Å². The number of amides is 1. The number of hydrogen-bond donors (Lipinski definition) is 1. The van der Waals surface area contributed by atoms with Crippen molar-refractivity contribution in [3.63, 3.8) is 0 Å². The maximum atomic E-state index is 12.1. The van der Waals surface area contributed by atoms with Gasteiger partial charge in [0.15, 0.2) is 0 Å². The van der Waals surface area contributed by atoms with Gasteiger partial charge in [0.25, 0.3) is 0 Å². The molecule has 0 spiro atoms. The number of hydrogen-bond acceptors (Lipinski definition) is 2. The van der Waals surface area contributed by atoms with E-state index in [0.29, 0.717) is 18.0 Å². The zero-order chi connectivity index (χ0) is 14.5. The summed E-state index contributed by atoms with van der Waals surface area (Å²) in [4.78, 5) is 24.7. The fraction of sp³-hybridized carbons (Fsp3) is 0.333. The average molecular weight is 294 g/mol. The van der Waals surface area contributed by atoms with E-state index in [1.54, 1.807) is 24.3 Å². The molecule has 0 unspecified atom stereocenters. The van der Waals surface area contributed by atoms with Crippen molar-refractivity contribution in [2.45, 2.75) is 25.3 Å². The molecule has 0 saturated carbocycles. The van der Waals surface area contributed by atoms with Gasteiger partial charge in [-0.15, -0.1) is 0 Å². The molecule has 1 N–H and O–H groups in total. The van der Waals surface area contributed by atoms with E-state index in [4.69, 9.17) is 16.7 Å². The van der Waals surface area contributed by atoms with E-state index in [1.165, 1.54) is 11.0 Å². The monoisotopic (exact) mass is 293 g/mol. The summed E-state index contributed by atoms with van der Waals surface area (Å²) in [5.41, 5.74) is 0.815. The number of likely N-dealkylation sites (tertiary alicyclic amines) is 1. The third-order valence-electron chi connectivity index (χ3n) is 3.34. The molecule has 4 nitrogen and oxygen atoms in total. The van der Waals surface area contributed by atoms with E-state index < -0.39 is 12.0 Å². The molecule has 1 saturated heterocycles. The molecule has 5 heteroatoms. The number of halogens is 1. The van der Waals surface area contributed by atoms with E-state index >= 15 is 0 Å². The minimum atomic E-state index is -0.936. The number of nitrogens with zero attached hydrogens (tertiary/aromatic N) is 1. The second-order valence-electron chi connectivity index (χ2n) is 4.77. The number of rotatable bonds is 3. The fourth-order valence-electron chi connectivity index (χ4n) is 2.33. The molecule has 2 rings (SSSR count). The third kappa shape index (κ3) is 3.61. The maximum Gasteiger partial charge on any atom is 0.326 e. The van der Waals surface area contributed by atoms with Crippen LogP contribution in [0.4, 0.5) is 0 Å². The molecule has 1 atom stereocenters. The Balaban J connectivity index is 2.08. The number of carbonyl (C=O) groups is 2. The first kappa shape index (κ1) is 14.6. The van der Waals surface area contributed by atoms with Crippen LogP contribution < -0.4 is 0 Å².